The smallest absolute Gasteiger partial charge is 0.125 e. The Morgan fingerprint density at radius 1 is 1.12 bits per heavy atom. The number of halogens is 2. The van der Waals surface area contributed by atoms with Gasteiger partial charge < -0.3 is 5.32 Å². The summed E-state index contributed by atoms with van der Waals surface area (Å²) in [6, 6.07) is 11.9. The topological polar surface area (TPSA) is 12.0 Å². The molecular formula is C13H11ClFN. The molecule has 1 N–H and O–H groups in total. The van der Waals surface area contributed by atoms with Gasteiger partial charge in [0.15, 0.2) is 0 Å². The standard InChI is InChI=1S/C13H11ClFN/c1-9-5-6-10(14)7-13(9)16-12-4-2-3-11(15)8-12/h2-8,16H,1H3. The van der Waals surface area contributed by atoms with Crippen molar-refractivity contribution in [1.29, 1.82) is 0 Å². The van der Waals surface area contributed by atoms with Crippen LogP contribution in [0.4, 0.5) is 15.8 Å². The third kappa shape index (κ3) is 2.52. The molecule has 2 rings (SSSR count). The molecule has 0 saturated carbocycles. The Balaban J connectivity index is 2.30. The van der Waals surface area contributed by atoms with Crippen LogP contribution in [0.5, 0.6) is 0 Å². The van der Waals surface area contributed by atoms with Gasteiger partial charge in [-0.3, -0.25) is 0 Å². The van der Waals surface area contributed by atoms with Crippen molar-refractivity contribution >= 4 is 23.0 Å². The minimum absolute atomic E-state index is 0.260. The maximum Gasteiger partial charge on any atom is 0.125 e. The van der Waals surface area contributed by atoms with Crippen molar-refractivity contribution in [2.75, 3.05) is 5.32 Å². The second kappa shape index (κ2) is 4.54. The van der Waals surface area contributed by atoms with Crippen molar-refractivity contribution < 1.29 is 4.39 Å². The Morgan fingerprint density at radius 3 is 2.69 bits per heavy atom. The summed E-state index contributed by atoms with van der Waals surface area (Å²) < 4.78 is 13.0. The molecule has 0 heterocycles. The highest BCUT2D eigenvalue weighted by Crippen LogP contribution is 2.24. The van der Waals surface area contributed by atoms with Crippen molar-refractivity contribution in [1.82, 2.24) is 0 Å². The fourth-order valence-corrected chi connectivity index (χ4v) is 1.62. The lowest BCUT2D eigenvalue weighted by Gasteiger charge is -2.09. The molecule has 0 spiro atoms. The summed E-state index contributed by atoms with van der Waals surface area (Å²) in [7, 11) is 0. The van der Waals surface area contributed by atoms with Crippen molar-refractivity contribution in [2.24, 2.45) is 0 Å². The molecule has 16 heavy (non-hydrogen) atoms. The van der Waals surface area contributed by atoms with E-state index in [4.69, 9.17) is 11.6 Å². The van der Waals surface area contributed by atoms with E-state index in [9.17, 15) is 4.39 Å². The summed E-state index contributed by atoms with van der Waals surface area (Å²) in [5.41, 5.74) is 2.66. The zero-order valence-corrected chi connectivity index (χ0v) is 9.55. The van der Waals surface area contributed by atoms with E-state index in [1.165, 1.54) is 12.1 Å². The number of benzene rings is 2. The summed E-state index contributed by atoms with van der Waals surface area (Å²) in [6.07, 6.45) is 0. The first-order valence-electron chi connectivity index (χ1n) is 4.94. The zero-order chi connectivity index (χ0) is 11.5. The van der Waals surface area contributed by atoms with Gasteiger partial charge in [0.2, 0.25) is 0 Å². The van der Waals surface area contributed by atoms with Gasteiger partial charge in [-0.2, -0.15) is 0 Å². The van der Waals surface area contributed by atoms with Crippen LogP contribution in [-0.4, -0.2) is 0 Å². The van der Waals surface area contributed by atoms with Crippen LogP contribution in [0.25, 0.3) is 0 Å². The van der Waals surface area contributed by atoms with Crippen molar-refractivity contribution in [2.45, 2.75) is 6.92 Å². The molecule has 0 aliphatic carbocycles. The summed E-state index contributed by atoms with van der Waals surface area (Å²) in [5.74, 6) is -0.260. The molecule has 0 saturated heterocycles. The number of hydrogen-bond donors (Lipinski definition) is 1. The molecular weight excluding hydrogens is 225 g/mol. The SMILES string of the molecule is Cc1ccc(Cl)cc1Nc1cccc(F)c1. The molecule has 0 atom stereocenters. The Morgan fingerprint density at radius 2 is 1.94 bits per heavy atom. The monoisotopic (exact) mass is 235 g/mol. The first kappa shape index (κ1) is 11.0. The van der Waals surface area contributed by atoms with Gasteiger partial charge in [0.1, 0.15) is 5.82 Å². The molecule has 0 fully saturated rings. The summed E-state index contributed by atoms with van der Waals surface area (Å²) in [4.78, 5) is 0. The second-order valence-electron chi connectivity index (χ2n) is 3.59. The van der Waals surface area contributed by atoms with Gasteiger partial charge in [-0.25, -0.2) is 4.39 Å². The highest BCUT2D eigenvalue weighted by Gasteiger charge is 2.00. The van der Waals surface area contributed by atoms with Crippen LogP contribution in [0.1, 0.15) is 5.56 Å². The average molecular weight is 236 g/mol. The molecule has 3 heteroatoms. The van der Waals surface area contributed by atoms with Crippen molar-refractivity contribution in [3.63, 3.8) is 0 Å². The van der Waals surface area contributed by atoms with E-state index in [1.807, 2.05) is 31.2 Å². The summed E-state index contributed by atoms with van der Waals surface area (Å²) in [5, 5.41) is 3.79. The molecule has 2 aromatic carbocycles. The second-order valence-corrected chi connectivity index (χ2v) is 4.03. The van der Waals surface area contributed by atoms with Crippen LogP contribution < -0.4 is 5.32 Å². The Bertz CT molecular complexity index is 511. The summed E-state index contributed by atoms with van der Waals surface area (Å²) >= 11 is 5.90. The Hall–Kier alpha value is -1.54. The van der Waals surface area contributed by atoms with Crippen molar-refractivity contribution in [3.8, 4) is 0 Å². The van der Waals surface area contributed by atoms with Crippen LogP contribution >= 0.6 is 11.6 Å². The zero-order valence-electron chi connectivity index (χ0n) is 8.80. The molecule has 0 radical (unpaired) electrons. The molecule has 1 nitrogen and oxygen atoms in total. The van der Waals surface area contributed by atoms with E-state index in [0.29, 0.717) is 10.7 Å². The van der Waals surface area contributed by atoms with Gasteiger partial charge in [0.25, 0.3) is 0 Å². The number of hydrogen-bond acceptors (Lipinski definition) is 1. The lowest BCUT2D eigenvalue weighted by Crippen LogP contribution is -1.93. The highest BCUT2D eigenvalue weighted by molar-refractivity contribution is 6.30. The third-order valence-electron chi connectivity index (χ3n) is 2.30. The van der Waals surface area contributed by atoms with Crippen LogP contribution in [0.2, 0.25) is 5.02 Å². The van der Waals surface area contributed by atoms with Gasteiger partial charge in [-0.05, 0) is 42.8 Å². The number of nitrogens with one attached hydrogen (secondary N) is 1. The van der Waals surface area contributed by atoms with E-state index in [2.05, 4.69) is 5.32 Å². The molecule has 0 amide bonds. The first-order chi connectivity index (χ1) is 7.65. The van der Waals surface area contributed by atoms with Gasteiger partial charge in [-0.15, -0.1) is 0 Å². The van der Waals surface area contributed by atoms with E-state index in [1.54, 1.807) is 6.07 Å². The fourth-order valence-electron chi connectivity index (χ4n) is 1.45. The molecule has 0 aromatic heterocycles. The predicted octanol–water partition coefficient (Wildman–Crippen LogP) is 4.53. The van der Waals surface area contributed by atoms with Gasteiger partial charge in [0, 0.05) is 16.4 Å². The van der Waals surface area contributed by atoms with Gasteiger partial charge >= 0.3 is 0 Å². The maximum absolute atomic E-state index is 13.0. The van der Waals surface area contributed by atoms with Crippen molar-refractivity contribution in [3.05, 3.63) is 58.9 Å². The predicted molar refractivity (Wildman–Crippen MR) is 65.9 cm³/mol. The fraction of sp³-hybridized carbons (Fsp3) is 0.0769. The van der Waals surface area contributed by atoms with Crippen LogP contribution in [-0.2, 0) is 0 Å². The van der Waals surface area contributed by atoms with E-state index >= 15 is 0 Å². The largest absolute Gasteiger partial charge is 0.355 e. The molecule has 0 bridgehead atoms. The molecule has 82 valence electrons. The van der Waals surface area contributed by atoms with Gasteiger partial charge in [0.05, 0.1) is 0 Å². The van der Waals surface area contributed by atoms with E-state index < -0.39 is 0 Å². The highest BCUT2D eigenvalue weighted by atomic mass is 35.5. The number of aryl methyl sites for hydroxylation is 1. The normalized spacial score (nSPS) is 10.2. The van der Waals surface area contributed by atoms with Crippen LogP contribution in [0.15, 0.2) is 42.5 Å². The lowest BCUT2D eigenvalue weighted by atomic mass is 10.2. The Labute approximate surface area is 98.9 Å². The number of anilines is 2. The first-order valence-corrected chi connectivity index (χ1v) is 5.32. The third-order valence-corrected chi connectivity index (χ3v) is 2.54. The van der Waals surface area contributed by atoms with Crippen LogP contribution in [0.3, 0.4) is 0 Å². The minimum atomic E-state index is -0.260. The quantitative estimate of drug-likeness (QED) is 0.806. The van der Waals surface area contributed by atoms with Crippen LogP contribution in [0, 0.1) is 12.7 Å². The molecule has 0 aliphatic rings. The minimum Gasteiger partial charge on any atom is -0.355 e. The lowest BCUT2D eigenvalue weighted by molar-refractivity contribution is 0.628. The molecule has 0 aliphatic heterocycles. The van der Waals surface area contributed by atoms with Gasteiger partial charge in [-0.1, -0.05) is 23.7 Å². The molecule has 2 aromatic rings. The maximum atomic E-state index is 13.0. The molecule has 0 unspecified atom stereocenters. The van der Waals surface area contributed by atoms with E-state index in [-0.39, 0.29) is 5.82 Å². The number of rotatable bonds is 2. The Kier molecular flexibility index (Phi) is 3.11. The summed E-state index contributed by atoms with van der Waals surface area (Å²) in [6.45, 7) is 1.97. The van der Waals surface area contributed by atoms with E-state index in [0.717, 1.165) is 11.3 Å². The average Bonchev–Trinajstić information content (AvgIpc) is 2.24.